The van der Waals surface area contributed by atoms with Crippen LogP contribution in [-0.2, 0) is 17.6 Å². The molecule has 1 saturated heterocycles. The number of ether oxygens (including phenoxy) is 1. The van der Waals surface area contributed by atoms with Crippen molar-refractivity contribution in [3.63, 3.8) is 0 Å². The van der Waals surface area contributed by atoms with Crippen molar-refractivity contribution in [2.75, 3.05) is 6.61 Å². The Bertz CT molecular complexity index is 480. The van der Waals surface area contributed by atoms with Crippen LogP contribution in [0.2, 0.25) is 0 Å². The minimum Gasteiger partial charge on any atom is -0.375 e. The van der Waals surface area contributed by atoms with E-state index in [1.807, 2.05) is 11.3 Å². The number of rotatable bonds is 2. The fourth-order valence-electron chi connectivity index (χ4n) is 4.65. The van der Waals surface area contributed by atoms with Gasteiger partial charge in [0, 0.05) is 22.4 Å². The zero-order chi connectivity index (χ0) is 14.3. The molecule has 0 bridgehead atoms. The van der Waals surface area contributed by atoms with Crippen molar-refractivity contribution in [1.82, 2.24) is 0 Å². The van der Waals surface area contributed by atoms with Crippen LogP contribution in [0.5, 0.6) is 0 Å². The van der Waals surface area contributed by atoms with Crippen LogP contribution in [0.25, 0.3) is 0 Å². The molecular formula is C18H27NOS. The van der Waals surface area contributed by atoms with E-state index in [1.54, 1.807) is 10.4 Å². The molecular weight excluding hydrogens is 278 g/mol. The maximum absolute atomic E-state index is 6.69. The molecule has 4 rings (SSSR count). The van der Waals surface area contributed by atoms with Gasteiger partial charge in [-0.1, -0.05) is 12.8 Å². The molecule has 1 aromatic rings. The van der Waals surface area contributed by atoms with Crippen molar-refractivity contribution >= 4 is 11.3 Å². The molecule has 3 heteroatoms. The molecule has 2 N–H and O–H groups in total. The van der Waals surface area contributed by atoms with Gasteiger partial charge in [0.2, 0.25) is 0 Å². The molecule has 0 amide bonds. The van der Waals surface area contributed by atoms with Crippen LogP contribution in [0, 0.1) is 5.92 Å². The molecule has 2 aliphatic carbocycles. The van der Waals surface area contributed by atoms with Crippen molar-refractivity contribution in [3.05, 3.63) is 21.4 Å². The average molecular weight is 305 g/mol. The molecule has 1 aromatic heterocycles. The van der Waals surface area contributed by atoms with E-state index < -0.39 is 0 Å². The SMILES string of the molecule is NC(c1cc2c(s1)CCCC2)C1CCOC2(CCCC2)C1. The van der Waals surface area contributed by atoms with Crippen molar-refractivity contribution < 1.29 is 4.74 Å². The maximum Gasteiger partial charge on any atom is 0.0686 e. The normalized spacial score (nSPS) is 29.5. The molecule has 1 spiro atoms. The van der Waals surface area contributed by atoms with Crippen molar-refractivity contribution in [1.29, 1.82) is 0 Å². The predicted octanol–water partition coefficient (Wildman–Crippen LogP) is 4.37. The number of hydrogen-bond acceptors (Lipinski definition) is 3. The predicted molar refractivity (Wildman–Crippen MR) is 87.8 cm³/mol. The van der Waals surface area contributed by atoms with Gasteiger partial charge >= 0.3 is 0 Å². The third-order valence-corrected chi connectivity index (χ3v) is 7.24. The van der Waals surface area contributed by atoms with E-state index in [2.05, 4.69) is 6.07 Å². The van der Waals surface area contributed by atoms with Crippen LogP contribution in [0.3, 0.4) is 0 Å². The van der Waals surface area contributed by atoms with Crippen LogP contribution >= 0.6 is 11.3 Å². The molecule has 3 aliphatic rings. The highest BCUT2D eigenvalue weighted by Gasteiger charge is 2.41. The molecule has 1 saturated carbocycles. The first kappa shape index (κ1) is 14.2. The quantitative estimate of drug-likeness (QED) is 0.880. The highest BCUT2D eigenvalue weighted by Crippen LogP contribution is 2.46. The first-order chi connectivity index (χ1) is 10.3. The van der Waals surface area contributed by atoms with Gasteiger partial charge in [-0.2, -0.15) is 0 Å². The standard InChI is InChI=1S/C18H27NOS/c19-17(16-11-13-5-1-2-6-15(13)21-16)14-7-10-20-18(12-14)8-3-4-9-18/h11,14,17H,1-10,12,19H2. The molecule has 2 nitrogen and oxygen atoms in total. The van der Waals surface area contributed by atoms with E-state index in [4.69, 9.17) is 10.5 Å². The summed E-state index contributed by atoms with van der Waals surface area (Å²) in [7, 11) is 0. The largest absolute Gasteiger partial charge is 0.375 e. The summed E-state index contributed by atoms with van der Waals surface area (Å²) in [6.07, 6.45) is 12.8. The third kappa shape index (κ3) is 2.69. The average Bonchev–Trinajstić information content (AvgIpc) is 3.13. The highest BCUT2D eigenvalue weighted by molar-refractivity contribution is 7.12. The van der Waals surface area contributed by atoms with E-state index in [0.717, 1.165) is 13.0 Å². The van der Waals surface area contributed by atoms with Crippen molar-refractivity contribution in [3.8, 4) is 0 Å². The van der Waals surface area contributed by atoms with Crippen LogP contribution in [0.1, 0.15) is 72.7 Å². The number of hydrogen-bond donors (Lipinski definition) is 1. The Morgan fingerprint density at radius 1 is 1.19 bits per heavy atom. The van der Waals surface area contributed by atoms with Gasteiger partial charge in [-0.15, -0.1) is 11.3 Å². The first-order valence-electron chi connectivity index (χ1n) is 8.77. The molecule has 21 heavy (non-hydrogen) atoms. The van der Waals surface area contributed by atoms with E-state index in [9.17, 15) is 0 Å². The summed E-state index contributed by atoms with van der Waals surface area (Å²) in [5.41, 5.74) is 8.48. The van der Waals surface area contributed by atoms with Crippen molar-refractivity contribution in [2.45, 2.75) is 75.9 Å². The Balaban J connectivity index is 1.51. The minimum absolute atomic E-state index is 0.192. The smallest absolute Gasteiger partial charge is 0.0686 e. The second-order valence-electron chi connectivity index (χ2n) is 7.32. The zero-order valence-electron chi connectivity index (χ0n) is 12.9. The third-order valence-electron chi connectivity index (χ3n) is 5.90. The van der Waals surface area contributed by atoms with Gasteiger partial charge in [-0.25, -0.2) is 0 Å². The summed E-state index contributed by atoms with van der Waals surface area (Å²) in [4.78, 5) is 3.07. The topological polar surface area (TPSA) is 35.2 Å². The molecule has 1 aliphatic heterocycles. The lowest BCUT2D eigenvalue weighted by molar-refractivity contribution is -0.0962. The fraction of sp³-hybridized carbons (Fsp3) is 0.778. The Morgan fingerprint density at radius 3 is 2.81 bits per heavy atom. The van der Waals surface area contributed by atoms with Crippen LogP contribution in [-0.4, -0.2) is 12.2 Å². The van der Waals surface area contributed by atoms with E-state index in [1.165, 1.54) is 62.7 Å². The molecule has 2 fully saturated rings. The molecule has 0 aromatic carbocycles. The first-order valence-corrected chi connectivity index (χ1v) is 9.58. The molecule has 2 atom stereocenters. The Hall–Kier alpha value is -0.380. The Morgan fingerprint density at radius 2 is 2.00 bits per heavy atom. The van der Waals surface area contributed by atoms with Gasteiger partial charge in [0.1, 0.15) is 0 Å². The number of aryl methyl sites for hydroxylation is 2. The van der Waals surface area contributed by atoms with Gasteiger partial charge in [0.05, 0.1) is 5.60 Å². The van der Waals surface area contributed by atoms with Gasteiger partial charge < -0.3 is 10.5 Å². The summed E-state index contributed by atoms with van der Waals surface area (Å²) in [5, 5.41) is 0. The van der Waals surface area contributed by atoms with E-state index in [-0.39, 0.29) is 11.6 Å². The summed E-state index contributed by atoms with van der Waals surface area (Å²) < 4.78 is 6.17. The number of fused-ring (bicyclic) bond motifs is 1. The van der Waals surface area contributed by atoms with Gasteiger partial charge in [-0.05, 0) is 68.9 Å². The fourth-order valence-corrected chi connectivity index (χ4v) is 6.00. The van der Waals surface area contributed by atoms with Crippen LogP contribution in [0.15, 0.2) is 6.07 Å². The van der Waals surface area contributed by atoms with Gasteiger partial charge in [0.25, 0.3) is 0 Å². The summed E-state index contributed by atoms with van der Waals surface area (Å²) in [6, 6.07) is 2.67. The Labute approximate surface area is 132 Å². The molecule has 2 heterocycles. The van der Waals surface area contributed by atoms with Crippen molar-refractivity contribution in [2.24, 2.45) is 11.7 Å². The molecule has 116 valence electrons. The van der Waals surface area contributed by atoms with Gasteiger partial charge in [0.15, 0.2) is 0 Å². The zero-order valence-corrected chi connectivity index (χ0v) is 13.7. The Kier molecular flexibility index (Phi) is 3.85. The second-order valence-corrected chi connectivity index (χ2v) is 8.49. The van der Waals surface area contributed by atoms with Gasteiger partial charge in [-0.3, -0.25) is 0 Å². The summed E-state index contributed by atoms with van der Waals surface area (Å²) in [5.74, 6) is 0.622. The number of thiophene rings is 1. The van der Waals surface area contributed by atoms with Crippen LogP contribution in [0.4, 0.5) is 0 Å². The molecule has 0 radical (unpaired) electrons. The summed E-state index contributed by atoms with van der Waals surface area (Å²) in [6.45, 7) is 0.920. The second kappa shape index (κ2) is 5.68. The van der Waals surface area contributed by atoms with Crippen LogP contribution < -0.4 is 5.73 Å². The lowest BCUT2D eigenvalue weighted by Gasteiger charge is -2.40. The lowest BCUT2D eigenvalue weighted by atomic mass is 9.80. The number of nitrogens with two attached hydrogens (primary N) is 1. The van der Waals surface area contributed by atoms with E-state index in [0.29, 0.717) is 5.92 Å². The maximum atomic E-state index is 6.69. The van der Waals surface area contributed by atoms with E-state index >= 15 is 0 Å². The lowest BCUT2D eigenvalue weighted by Crippen LogP contribution is -2.40. The minimum atomic E-state index is 0.192. The summed E-state index contributed by atoms with van der Waals surface area (Å²) >= 11 is 2.00. The monoisotopic (exact) mass is 305 g/mol. The molecule has 2 unspecified atom stereocenters. The highest BCUT2D eigenvalue weighted by atomic mass is 32.1.